The molecule has 1 aliphatic heterocycles. The Bertz CT molecular complexity index is 360. The minimum atomic E-state index is -0.546. The second-order valence-electron chi connectivity index (χ2n) is 7.89. The maximum Gasteiger partial charge on any atom is 0.185 e. The van der Waals surface area contributed by atoms with Gasteiger partial charge in [0.2, 0.25) is 0 Å². The highest BCUT2D eigenvalue weighted by molar-refractivity contribution is 4.89. The van der Waals surface area contributed by atoms with Crippen LogP contribution in [0.15, 0.2) is 0 Å². The van der Waals surface area contributed by atoms with Crippen molar-refractivity contribution in [2.24, 2.45) is 11.8 Å². The van der Waals surface area contributed by atoms with E-state index in [1.807, 2.05) is 14.1 Å². The fraction of sp³-hybridized carbons (Fsp3) is 1.00. The highest BCUT2D eigenvalue weighted by atomic mass is 16.7. The van der Waals surface area contributed by atoms with Crippen LogP contribution in [0.2, 0.25) is 0 Å². The Hall–Kier alpha value is -0.160. The van der Waals surface area contributed by atoms with E-state index < -0.39 is 12.4 Å². The number of nitrogens with zero attached hydrogens (tertiary/aromatic N) is 1. The average Bonchev–Trinajstić information content (AvgIpc) is 2.50. The first kappa shape index (κ1) is 16.7. The fourth-order valence-electron chi connectivity index (χ4n) is 4.88. The van der Waals surface area contributed by atoms with E-state index in [2.05, 4.69) is 11.8 Å². The summed E-state index contributed by atoms with van der Waals surface area (Å²) in [6, 6.07) is 0.125. The topological polar surface area (TPSA) is 41.9 Å². The monoisotopic (exact) mass is 311 g/mol. The van der Waals surface area contributed by atoms with Gasteiger partial charge in [-0.3, -0.25) is 0 Å². The molecule has 7 unspecified atom stereocenters. The van der Waals surface area contributed by atoms with Crippen molar-refractivity contribution in [3.63, 3.8) is 0 Å². The number of likely N-dealkylation sites (N-methyl/N-ethyl adjacent to an activating group) is 1. The lowest BCUT2D eigenvalue weighted by atomic mass is 9.69. The highest BCUT2D eigenvalue weighted by Crippen LogP contribution is 2.42. The van der Waals surface area contributed by atoms with E-state index in [-0.39, 0.29) is 18.2 Å². The molecule has 0 aromatic carbocycles. The Balaban J connectivity index is 1.65. The van der Waals surface area contributed by atoms with Crippen molar-refractivity contribution in [3.8, 4) is 0 Å². The molecule has 0 amide bonds. The average molecular weight is 311 g/mol. The second kappa shape index (κ2) is 7.16. The Kier molecular flexibility index (Phi) is 5.43. The van der Waals surface area contributed by atoms with Crippen molar-refractivity contribution in [1.82, 2.24) is 4.90 Å². The quantitative estimate of drug-likeness (QED) is 0.870. The molecule has 1 N–H and O–H groups in total. The normalized spacial score (nSPS) is 46.5. The maximum absolute atomic E-state index is 10.7. The van der Waals surface area contributed by atoms with Crippen LogP contribution >= 0.6 is 0 Å². The van der Waals surface area contributed by atoms with E-state index in [4.69, 9.17) is 9.47 Å². The van der Waals surface area contributed by atoms with Crippen molar-refractivity contribution in [2.45, 2.75) is 88.9 Å². The molecule has 4 heteroatoms. The summed E-state index contributed by atoms with van der Waals surface area (Å²) in [6.45, 7) is 2.09. The van der Waals surface area contributed by atoms with Gasteiger partial charge < -0.3 is 19.5 Å². The van der Waals surface area contributed by atoms with Gasteiger partial charge in [-0.2, -0.15) is 0 Å². The molecule has 2 saturated carbocycles. The summed E-state index contributed by atoms with van der Waals surface area (Å²) < 4.78 is 12.3. The third-order valence-electron chi connectivity index (χ3n) is 6.09. The zero-order valence-corrected chi connectivity index (χ0v) is 14.4. The molecule has 0 bridgehead atoms. The predicted octanol–water partition coefficient (Wildman–Crippen LogP) is 2.79. The third kappa shape index (κ3) is 3.50. The molecule has 3 rings (SSSR count). The smallest absolute Gasteiger partial charge is 0.185 e. The highest BCUT2D eigenvalue weighted by Gasteiger charge is 2.42. The molecule has 0 radical (unpaired) electrons. The molecule has 4 nitrogen and oxygen atoms in total. The molecule has 3 fully saturated rings. The summed E-state index contributed by atoms with van der Waals surface area (Å²) >= 11 is 0. The van der Waals surface area contributed by atoms with Gasteiger partial charge in [-0.15, -0.1) is 0 Å². The zero-order valence-electron chi connectivity index (χ0n) is 14.4. The molecule has 3 aliphatic rings. The lowest BCUT2D eigenvalue weighted by molar-refractivity contribution is -0.279. The van der Waals surface area contributed by atoms with Crippen LogP contribution in [0.5, 0.6) is 0 Å². The van der Waals surface area contributed by atoms with Crippen LogP contribution in [-0.4, -0.2) is 54.7 Å². The van der Waals surface area contributed by atoms with E-state index >= 15 is 0 Å². The van der Waals surface area contributed by atoms with Gasteiger partial charge in [0.15, 0.2) is 6.29 Å². The van der Waals surface area contributed by atoms with Gasteiger partial charge in [0.05, 0.1) is 12.2 Å². The van der Waals surface area contributed by atoms with Crippen molar-refractivity contribution < 1.29 is 14.6 Å². The SMILES string of the molecule is CC1CC(N(C)C)C(O)C(OC2CCCC3CCCCC32)O1. The number of hydrogen-bond acceptors (Lipinski definition) is 4. The van der Waals surface area contributed by atoms with Crippen molar-refractivity contribution >= 4 is 0 Å². The minimum Gasteiger partial charge on any atom is -0.386 e. The molecule has 128 valence electrons. The molecular formula is C18H33NO3. The largest absolute Gasteiger partial charge is 0.386 e. The summed E-state index contributed by atoms with van der Waals surface area (Å²) in [5.41, 5.74) is 0. The number of fused-ring (bicyclic) bond motifs is 1. The minimum absolute atomic E-state index is 0.125. The number of aliphatic hydroxyl groups excluding tert-OH is 1. The summed E-state index contributed by atoms with van der Waals surface area (Å²) in [7, 11) is 4.06. The number of ether oxygens (including phenoxy) is 2. The van der Waals surface area contributed by atoms with Gasteiger partial charge in [-0.1, -0.05) is 25.7 Å². The molecule has 1 saturated heterocycles. The van der Waals surface area contributed by atoms with E-state index in [1.54, 1.807) is 0 Å². The lowest BCUT2D eigenvalue weighted by Crippen LogP contribution is -2.55. The van der Waals surface area contributed by atoms with Gasteiger partial charge in [0.25, 0.3) is 0 Å². The Morgan fingerprint density at radius 3 is 2.55 bits per heavy atom. The van der Waals surface area contributed by atoms with E-state index in [0.29, 0.717) is 5.92 Å². The molecule has 0 aromatic heterocycles. The van der Waals surface area contributed by atoms with Crippen molar-refractivity contribution in [2.75, 3.05) is 14.1 Å². The van der Waals surface area contributed by atoms with Crippen LogP contribution in [0, 0.1) is 11.8 Å². The molecule has 0 aromatic rings. The Labute approximate surface area is 135 Å². The first-order chi connectivity index (χ1) is 10.6. The number of aliphatic hydroxyl groups is 1. The predicted molar refractivity (Wildman–Crippen MR) is 86.6 cm³/mol. The van der Waals surface area contributed by atoms with Gasteiger partial charge in [0, 0.05) is 6.04 Å². The molecule has 0 spiro atoms. The van der Waals surface area contributed by atoms with Gasteiger partial charge >= 0.3 is 0 Å². The molecule has 2 aliphatic carbocycles. The second-order valence-corrected chi connectivity index (χ2v) is 7.89. The molecule has 22 heavy (non-hydrogen) atoms. The first-order valence-electron chi connectivity index (χ1n) is 9.21. The van der Waals surface area contributed by atoms with E-state index in [1.165, 1.54) is 38.5 Å². The summed E-state index contributed by atoms with van der Waals surface area (Å²) in [4.78, 5) is 2.10. The van der Waals surface area contributed by atoms with E-state index in [0.717, 1.165) is 18.8 Å². The maximum atomic E-state index is 10.7. The molecular weight excluding hydrogens is 278 g/mol. The van der Waals surface area contributed by atoms with Gasteiger partial charge in [-0.25, -0.2) is 0 Å². The van der Waals surface area contributed by atoms with E-state index in [9.17, 15) is 5.11 Å². The lowest BCUT2D eigenvalue weighted by Gasteiger charge is -2.46. The van der Waals surface area contributed by atoms with Crippen LogP contribution < -0.4 is 0 Å². The molecule has 7 atom stereocenters. The Morgan fingerprint density at radius 1 is 1.05 bits per heavy atom. The van der Waals surface area contributed by atoms with Crippen molar-refractivity contribution in [1.29, 1.82) is 0 Å². The fourth-order valence-corrected chi connectivity index (χ4v) is 4.88. The standard InChI is InChI=1S/C18H33NO3/c1-12-11-15(19(2)3)17(20)18(21-12)22-16-10-6-8-13-7-4-5-9-14(13)16/h12-18,20H,4-11H2,1-3H3. The Morgan fingerprint density at radius 2 is 1.77 bits per heavy atom. The van der Waals surface area contributed by atoms with Crippen molar-refractivity contribution in [3.05, 3.63) is 0 Å². The summed E-state index contributed by atoms with van der Waals surface area (Å²) in [6.07, 6.45) is 9.45. The van der Waals surface area contributed by atoms with Gasteiger partial charge in [0.1, 0.15) is 6.10 Å². The van der Waals surface area contributed by atoms with Crippen LogP contribution in [0.25, 0.3) is 0 Å². The number of rotatable bonds is 3. The molecule has 1 heterocycles. The van der Waals surface area contributed by atoms with Crippen LogP contribution in [0.1, 0.15) is 58.3 Å². The van der Waals surface area contributed by atoms with Gasteiger partial charge in [-0.05, 0) is 58.5 Å². The third-order valence-corrected chi connectivity index (χ3v) is 6.09. The zero-order chi connectivity index (χ0) is 15.7. The first-order valence-corrected chi connectivity index (χ1v) is 9.21. The van der Waals surface area contributed by atoms with Crippen LogP contribution in [0.3, 0.4) is 0 Å². The summed E-state index contributed by atoms with van der Waals surface area (Å²) in [5.74, 6) is 1.53. The van der Waals surface area contributed by atoms with Crippen LogP contribution in [0.4, 0.5) is 0 Å². The van der Waals surface area contributed by atoms with Crippen LogP contribution in [-0.2, 0) is 9.47 Å². The summed E-state index contributed by atoms with van der Waals surface area (Å²) in [5, 5.41) is 10.7. The number of hydrogen-bond donors (Lipinski definition) is 1.